The average Bonchev–Trinajstić information content (AvgIpc) is 2.92. The van der Waals surface area contributed by atoms with E-state index in [9.17, 15) is 18.0 Å². The molecule has 120 valence electrons. The Labute approximate surface area is 135 Å². The maximum absolute atomic E-state index is 12.8. The van der Waals surface area contributed by atoms with Crippen molar-refractivity contribution in [1.82, 2.24) is 0 Å². The predicted octanol–water partition coefficient (Wildman–Crippen LogP) is 3.40. The second kappa shape index (κ2) is 5.02. The third kappa shape index (κ3) is 2.20. The number of hydrogen-bond donors (Lipinski definition) is 0. The molecule has 0 radical (unpaired) electrons. The van der Waals surface area contributed by atoms with Crippen LogP contribution in [-0.2, 0) is 4.79 Å². The van der Waals surface area contributed by atoms with Gasteiger partial charge in [0.25, 0.3) is 5.91 Å². The summed E-state index contributed by atoms with van der Waals surface area (Å²) >= 11 is 0. The van der Waals surface area contributed by atoms with E-state index in [4.69, 9.17) is 0 Å². The number of hydrazone groups is 1. The quantitative estimate of drug-likeness (QED) is 0.779. The van der Waals surface area contributed by atoms with E-state index in [-0.39, 0.29) is 11.6 Å². The second-order valence-corrected chi connectivity index (χ2v) is 5.47. The van der Waals surface area contributed by atoms with Gasteiger partial charge in [-0.25, -0.2) is 0 Å². The minimum absolute atomic E-state index is 0.232. The molecule has 2 aliphatic heterocycles. The summed E-state index contributed by atoms with van der Waals surface area (Å²) in [6.07, 6.45) is 0.243. The van der Waals surface area contributed by atoms with E-state index >= 15 is 0 Å². The normalized spacial score (nSPS) is 22.4. The molecule has 0 N–H and O–H groups in total. The Kier molecular flexibility index (Phi) is 3.06. The van der Waals surface area contributed by atoms with Gasteiger partial charge in [0.15, 0.2) is 0 Å². The van der Waals surface area contributed by atoms with Gasteiger partial charge in [0.05, 0.1) is 34.2 Å². The molecule has 1 aromatic rings. The summed E-state index contributed by atoms with van der Waals surface area (Å²) in [6.45, 7) is 0. The Hall–Kier alpha value is -2.96. The van der Waals surface area contributed by atoms with Crippen molar-refractivity contribution >= 4 is 23.0 Å². The van der Waals surface area contributed by atoms with Crippen LogP contribution in [0.1, 0.15) is 0 Å². The molecule has 0 spiro atoms. The molecule has 1 amide bonds. The number of para-hydroxylation sites is 1. The number of fused-ring (bicyclic) bond motifs is 3. The molecule has 0 aromatic heterocycles. The van der Waals surface area contributed by atoms with Gasteiger partial charge in [0, 0.05) is 6.20 Å². The number of carbonyl (C=O) groups is 1. The van der Waals surface area contributed by atoms with Crippen LogP contribution in [0, 0.1) is 5.92 Å². The molecule has 0 saturated heterocycles. The van der Waals surface area contributed by atoms with Crippen molar-refractivity contribution in [2.45, 2.75) is 6.18 Å². The second-order valence-electron chi connectivity index (χ2n) is 5.47. The van der Waals surface area contributed by atoms with Crippen molar-refractivity contribution in [2.75, 3.05) is 5.01 Å². The lowest BCUT2D eigenvalue weighted by Gasteiger charge is -2.21. The molecule has 7 heteroatoms. The largest absolute Gasteiger partial charge is 0.416 e. The molecule has 3 aliphatic rings. The minimum atomic E-state index is -4.43. The first-order chi connectivity index (χ1) is 11.4. The van der Waals surface area contributed by atoms with Gasteiger partial charge in [0.2, 0.25) is 0 Å². The highest BCUT2D eigenvalue weighted by Crippen LogP contribution is 2.35. The van der Waals surface area contributed by atoms with Gasteiger partial charge < -0.3 is 0 Å². The molecular weight excluding hydrogens is 319 g/mol. The number of anilines is 1. The van der Waals surface area contributed by atoms with E-state index in [2.05, 4.69) is 10.1 Å². The maximum Gasteiger partial charge on any atom is 0.416 e. The molecule has 4 nitrogen and oxygen atoms in total. The first kappa shape index (κ1) is 14.6. The Morgan fingerprint density at radius 1 is 1.12 bits per heavy atom. The first-order valence-electron chi connectivity index (χ1n) is 7.18. The van der Waals surface area contributed by atoms with Crippen molar-refractivity contribution in [1.29, 1.82) is 0 Å². The van der Waals surface area contributed by atoms with Crippen LogP contribution in [0.4, 0.5) is 18.9 Å². The van der Waals surface area contributed by atoms with Crippen LogP contribution in [0.5, 0.6) is 0 Å². The number of halogens is 3. The van der Waals surface area contributed by atoms with Gasteiger partial charge in [-0.15, -0.1) is 0 Å². The Balaban J connectivity index is 1.73. The van der Waals surface area contributed by atoms with Crippen LogP contribution < -0.4 is 5.01 Å². The van der Waals surface area contributed by atoms with Crippen molar-refractivity contribution in [3.05, 3.63) is 65.9 Å². The highest BCUT2D eigenvalue weighted by Gasteiger charge is 2.41. The lowest BCUT2D eigenvalue weighted by atomic mass is 9.85. The maximum atomic E-state index is 12.8. The molecule has 1 aliphatic carbocycles. The van der Waals surface area contributed by atoms with Crippen LogP contribution in [0.2, 0.25) is 0 Å². The molecule has 4 rings (SSSR count). The third-order valence-electron chi connectivity index (χ3n) is 3.96. The number of nitrogens with zero attached hydrogens (tertiary/aromatic N) is 3. The fourth-order valence-electron chi connectivity index (χ4n) is 2.79. The molecule has 1 atom stereocenters. The van der Waals surface area contributed by atoms with Gasteiger partial charge in [-0.2, -0.15) is 23.3 Å². The molecular formula is C17H10F3N3O. The van der Waals surface area contributed by atoms with Gasteiger partial charge in [0.1, 0.15) is 0 Å². The molecule has 1 aromatic carbocycles. The van der Waals surface area contributed by atoms with E-state index < -0.39 is 17.7 Å². The molecule has 2 heterocycles. The smallest absolute Gasteiger partial charge is 0.267 e. The summed E-state index contributed by atoms with van der Waals surface area (Å²) < 4.78 is 38.5. The molecule has 24 heavy (non-hydrogen) atoms. The van der Waals surface area contributed by atoms with Gasteiger partial charge in [-0.05, 0) is 18.2 Å². The number of benzene rings is 1. The van der Waals surface area contributed by atoms with Crippen LogP contribution in [0.15, 0.2) is 76.0 Å². The summed E-state index contributed by atoms with van der Waals surface area (Å²) in [4.78, 5) is 16.5. The summed E-state index contributed by atoms with van der Waals surface area (Å²) in [6, 6.07) is 8.85. The van der Waals surface area contributed by atoms with Crippen molar-refractivity contribution < 1.29 is 18.0 Å². The number of allylic oxidation sites excluding steroid dienone is 4. The predicted molar refractivity (Wildman–Crippen MR) is 83.6 cm³/mol. The number of rotatable bonds is 1. The van der Waals surface area contributed by atoms with Crippen molar-refractivity contribution in [3.8, 4) is 0 Å². The fraction of sp³-hybridized carbons (Fsp3) is 0.118. The Morgan fingerprint density at radius 3 is 2.58 bits per heavy atom. The fourth-order valence-corrected chi connectivity index (χ4v) is 2.79. The summed E-state index contributed by atoms with van der Waals surface area (Å²) in [5.74, 6) is -0.883. The number of hydrogen-bond acceptors (Lipinski definition) is 3. The standard InChI is InChI=1S/C17H10F3N3O/c18-17(19,20)10-6-7-12-14(8-10)21-9-13-15(12)22-23(16(13)24)11-4-2-1-3-5-11/h1-9,12H. The topological polar surface area (TPSA) is 45.0 Å². The Morgan fingerprint density at radius 2 is 1.88 bits per heavy atom. The number of aliphatic imine (C=N–C) groups is 1. The number of amides is 1. The molecule has 0 bridgehead atoms. The molecule has 1 unspecified atom stereocenters. The number of alkyl halides is 3. The van der Waals surface area contributed by atoms with Crippen LogP contribution >= 0.6 is 0 Å². The average molecular weight is 329 g/mol. The SMILES string of the molecule is O=C1C2=CN=C3C=C(C(F)(F)F)C=CC3C2=NN1c1ccccc1. The minimum Gasteiger partial charge on any atom is -0.267 e. The molecule has 0 fully saturated rings. The van der Waals surface area contributed by atoms with Crippen LogP contribution in [-0.4, -0.2) is 23.5 Å². The third-order valence-corrected chi connectivity index (χ3v) is 3.96. The highest BCUT2D eigenvalue weighted by atomic mass is 19.4. The molecule has 0 saturated carbocycles. The zero-order valence-corrected chi connectivity index (χ0v) is 12.2. The van der Waals surface area contributed by atoms with Gasteiger partial charge >= 0.3 is 6.18 Å². The zero-order chi connectivity index (χ0) is 16.9. The van der Waals surface area contributed by atoms with E-state index in [1.807, 2.05) is 6.07 Å². The van der Waals surface area contributed by atoms with Crippen molar-refractivity contribution in [2.24, 2.45) is 16.0 Å². The van der Waals surface area contributed by atoms with Crippen LogP contribution in [0.25, 0.3) is 0 Å². The van der Waals surface area contributed by atoms with Gasteiger partial charge in [-0.1, -0.05) is 30.4 Å². The van der Waals surface area contributed by atoms with Crippen molar-refractivity contribution in [3.63, 3.8) is 0 Å². The number of carbonyl (C=O) groups excluding carboxylic acids is 1. The Bertz CT molecular complexity index is 876. The first-order valence-corrected chi connectivity index (χ1v) is 7.18. The van der Waals surface area contributed by atoms with Gasteiger partial charge in [-0.3, -0.25) is 9.79 Å². The monoisotopic (exact) mass is 329 g/mol. The summed E-state index contributed by atoms with van der Waals surface area (Å²) in [5.41, 5.74) is 0.788. The van der Waals surface area contributed by atoms with E-state index in [0.29, 0.717) is 17.0 Å². The van der Waals surface area contributed by atoms with E-state index in [1.165, 1.54) is 17.3 Å². The zero-order valence-electron chi connectivity index (χ0n) is 12.2. The summed E-state index contributed by atoms with van der Waals surface area (Å²) in [7, 11) is 0. The highest BCUT2D eigenvalue weighted by molar-refractivity contribution is 6.37. The summed E-state index contributed by atoms with van der Waals surface area (Å²) in [5, 5.41) is 5.57. The lowest BCUT2D eigenvalue weighted by molar-refractivity contribution is -0.114. The van der Waals surface area contributed by atoms with E-state index in [1.54, 1.807) is 24.3 Å². The van der Waals surface area contributed by atoms with E-state index in [0.717, 1.165) is 12.2 Å². The van der Waals surface area contributed by atoms with Crippen LogP contribution in [0.3, 0.4) is 0 Å². The lowest BCUT2D eigenvalue weighted by Crippen LogP contribution is -2.29.